The molecule has 4 heteroatoms. The number of aromatic nitrogens is 2. The van der Waals surface area contributed by atoms with Crippen molar-refractivity contribution < 1.29 is 4.42 Å². The first kappa shape index (κ1) is 12.4. The highest BCUT2D eigenvalue weighted by atomic mass is 16.3. The summed E-state index contributed by atoms with van der Waals surface area (Å²) in [7, 11) is 0. The molecule has 0 saturated heterocycles. The fourth-order valence-electron chi connectivity index (χ4n) is 3.09. The molecule has 3 aromatic rings. The van der Waals surface area contributed by atoms with Crippen LogP contribution in [0, 0.1) is 13.8 Å². The maximum absolute atomic E-state index is 5.69. The summed E-state index contributed by atoms with van der Waals surface area (Å²) in [5.41, 5.74) is 3.31. The fourth-order valence-corrected chi connectivity index (χ4v) is 3.09. The van der Waals surface area contributed by atoms with Crippen molar-refractivity contribution in [2.75, 3.05) is 11.4 Å². The van der Waals surface area contributed by atoms with Crippen molar-refractivity contribution in [1.82, 2.24) is 9.97 Å². The predicted octanol–water partition coefficient (Wildman–Crippen LogP) is 3.92. The van der Waals surface area contributed by atoms with E-state index < -0.39 is 0 Å². The third-order valence-corrected chi connectivity index (χ3v) is 3.97. The molecule has 0 spiro atoms. The normalized spacial score (nSPS) is 14.5. The smallest absolute Gasteiger partial charge is 0.231 e. The van der Waals surface area contributed by atoms with Gasteiger partial charge in [0.2, 0.25) is 5.71 Å². The number of rotatable bonds is 1. The Labute approximate surface area is 123 Å². The van der Waals surface area contributed by atoms with Gasteiger partial charge in [-0.1, -0.05) is 18.2 Å². The number of hydrogen-bond donors (Lipinski definition) is 0. The van der Waals surface area contributed by atoms with Crippen LogP contribution in [0.25, 0.3) is 11.1 Å². The van der Waals surface area contributed by atoms with Gasteiger partial charge in [-0.2, -0.15) is 4.98 Å². The SMILES string of the molecule is Cc1nc(N2CCCc3ccccc32)c2cc(C)oc2n1. The number of hydrogen-bond acceptors (Lipinski definition) is 4. The molecule has 106 valence electrons. The second kappa shape index (κ2) is 4.58. The van der Waals surface area contributed by atoms with Gasteiger partial charge in [-0.15, -0.1) is 0 Å². The number of anilines is 2. The van der Waals surface area contributed by atoms with E-state index in [4.69, 9.17) is 9.40 Å². The average Bonchev–Trinajstić information content (AvgIpc) is 2.86. The van der Waals surface area contributed by atoms with Gasteiger partial charge in [-0.05, 0) is 44.4 Å². The van der Waals surface area contributed by atoms with Crippen molar-refractivity contribution in [1.29, 1.82) is 0 Å². The molecule has 0 saturated carbocycles. The molecule has 1 aliphatic heterocycles. The van der Waals surface area contributed by atoms with Crippen molar-refractivity contribution in [2.45, 2.75) is 26.7 Å². The topological polar surface area (TPSA) is 42.2 Å². The maximum atomic E-state index is 5.69. The van der Waals surface area contributed by atoms with Gasteiger partial charge in [-0.3, -0.25) is 0 Å². The van der Waals surface area contributed by atoms with Gasteiger partial charge in [0.1, 0.15) is 17.4 Å². The van der Waals surface area contributed by atoms with E-state index in [1.165, 1.54) is 11.3 Å². The molecule has 0 unspecified atom stereocenters. The zero-order valence-electron chi connectivity index (χ0n) is 12.3. The van der Waals surface area contributed by atoms with Crippen molar-refractivity contribution in [3.63, 3.8) is 0 Å². The molecule has 0 radical (unpaired) electrons. The van der Waals surface area contributed by atoms with Crippen molar-refractivity contribution in [2.24, 2.45) is 0 Å². The second-order valence-electron chi connectivity index (χ2n) is 5.55. The third-order valence-electron chi connectivity index (χ3n) is 3.97. The lowest BCUT2D eigenvalue weighted by molar-refractivity contribution is 0.565. The summed E-state index contributed by atoms with van der Waals surface area (Å²) in [6.07, 6.45) is 2.27. The van der Waals surface area contributed by atoms with Crippen LogP contribution >= 0.6 is 0 Å². The Balaban J connectivity index is 1.95. The van der Waals surface area contributed by atoms with Crippen LogP contribution in [0.4, 0.5) is 11.5 Å². The Morgan fingerprint density at radius 3 is 2.90 bits per heavy atom. The second-order valence-corrected chi connectivity index (χ2v) is 5.55. The Morgan fingerprint density at radius 1 is 1.14 bits per heavy atom. The summed E-state index contributed by atoms with van der Waals surface area (Å²) >= 11 is 0. The first-order valence-corrected chi connectivity index (χ1v) is 7.32. The largest absolute Gasteiger partial charge is 0.443 e. The van der Waals surface area contributed by atoms with Gasteiger partial charge >= 0.3 is 0 Å². The lowest BCUT2D eigenvalue weighted by atomic mass is 10.0. The standard InChI is InChI=1S/C17H17N3O/c1-11-10-14-16(18-12(2)19-17(14)21-11)20-9-5-7-13-6-3-4-8-15(13)20/h3-4,6,8,10H,5,7,9H2,1-2H3. The highest BCUT2D eigenvalue weighted by Gasteiger charge is 2.22. The lowest BCUT2D eigenvalue weighted by Gasteiger charge is -2.30. The molecule has 0 bridgehead atoms. The minimum atomic E-state index is 0.679. The van der Waals surface area contributed by atoms with Gasteiger partial charge in [0.25, 0.3) is 0 Å². The molecule has 4 nitrogen and oxygen atoms in total. The zero-order chi connectivity index (χ0) is 14.4. The molecular formula is C17H17N3O. The van der Waals surface area contributed by atoms with Crippen LogP contribution in [0.3, 0.4) is 0 Å². The molecule has 4 rings (SSSR count). The molecule has 3 heterocycles. The molecular weight excluding hydrogens is 262 g/mol. The molecule has 1 aromatic carbocycles. The van der Waals surface area contributed by atoms with E-state index in [2.05, 4.69) is 34.1 Å². The van der Waals surface area contributed by atoms with Crippen LogP contribution in [0.2, 0.25) is 0 Å². The van der Waals surface area contributed by atoms with Crippen LogP contribution < -0.4 is 4.90 Å². The number of fused-ring (bicyclic) bond motifs is 2. The van der Waals surface area contributed by atoms with Crippen molar-refractivity contribution in [3.8, 4) is 0 Å². The van der Waals surface area contributed by atoms with E-state index in [1.807, 2.05) is 19.9 Å². The van der Waals surface area contributed by atoms with E-state index in [-0.39, 0.29) is 0 Å². The number of para-hydroxylation sites is 1. The van der Waals surface area contributed by atoms with Gasteiger partial charge in [0.15, 0.2) is 0 Å². The molecule has 2 aromatic heterocycles. The predicted molar refractivity (Wildman–Crippen MR) is 83.0 cm³/mol. The van der Waals surface area contributed by atoms with Crippen molar-refractivity contribution >= 4 is 22.6 Å². The van der Waals surface area contributed by atoms with Crippen LogP contribution in [0.15, 0.2) is 34.7 Å². The highest BCUT2D eigenvalue weighted by molar-refractivity contribution is 5.89. The van der Waals surface area contributed by atoms with E-state index in [0.717, 1.165) is 42.2 Å². The van der Waals surface area contributed by atoms with Crippen LogP contribution in [0.1, 0.15) is 23.6 Å². The molecule has 0 atom stereocenters. The molecule has 1 aliphatic rings. The summed E-state index contributed by atoms with van der Waals surface area (Å²) in [5, 5.41) is 0.995. The van der Waals surface area contributed by atoms with Crippen molar-refractivity contribution in [3.05, 3.63) is 47.5 Å². The molecule has 0 aliphatic carbocycles. The minimum Gasteiger partial charge on any atom is -0.443 e. The molecule has 0 fully saturated rings. The summed E-state index contributed by atoms with van der Waals surface area (Å²) in [5.74, 6) is 2.58. The zero-order valence-corrected chi connectivity index (χ0v) is 12.3. The fraction of sp³-hybridized carbons (Fsp3) is 0.294. The quantitative estimate of drug-likeness (QED) is 0.677. The number of furan rings is 1. The van der Waals surface area contributed by atoms with Gasteiger partial charge < -0.3 is 9.32 Å². The summed E-state index contributed by atoms with van der Waals surface area (Å²) in [6, 6.07) is 10.6. The number of nitrogens with zero attached hydrogens (tertiary/aromatic N) is 3. The molecule has 0 amide bonds. The van der Waals surface area contributed by atoms with Gasteiger partial charge in [0.05, 0.1) is 5.39 Å². The third kappa shape index (κ3) is 1.98. The minimum absolute atomic E-state index is 0.679. The molecule has 21 heavy (non-hydrogen) atoms. The van der Waals surface area contributed by atoms with Crippen LogP contribution in [0.5, 0.6) is 0 Å². The maximum Gasteiger partial charge on any atom is 0.231 e. The first-order valence-electron chi connectivity index (χ1n) is 7.32. The Bertz CT molecular complexity index is 822. The lowest BCUT2D eigenvalue weighted by Crippen LogP contribution is -2.25. The average molecular weight is 279 g/mol. The van der Waals surface area contributed by atoms with E-state index in [0.29, 0.717) is 5.71 Å². The van der Waals surface area contributed by atoms with E-state index in [1.54, 1.807) is 0 Å². The number of aryl methyl sites for hydroxylation is 3. The summed E-state index contributed by atoms with van der Waals surface area (Å²) < 4.78 is 5.69. The monoisotopic (exact) mass is 279 g/mol. The number of benzene rings is 1. The first-order chi connectivity index (χ1) is 10.2. The summed E-state index contributed by atoms with van der Waals surface area (Å²) in [6.45, 7) is 4.84. The van der Waals surface area contributed by atoms with Crippen LogP contribution in [-0.4, -0.2) is 16.5 Å². The Kier molecular flexibility index (Phi) is 2.70. The van der Waals surface area contributed by atoms with E-state index >= 15 is 0 Å². The highest BCUT2D eigenvalue weighted by Crippen LogP contribution is 2.36. The van der Waals surface area contributed by atoms with Crippen LogP contribution in [-0.2, 0) is 6.42 Å². The van der Waals surface area contributed by atoms with Gasteiger partial charge in [-0.25, -0.2) is 4.98 Å². The Morgan fingerprint density at radius 2 is 2.00 bits per heavy atom. The molecule has 0 N–H and O–H groups in total. The van der Waals surface area contributed by atoms with E-state index in [9.17, 15) is 0 Å². The Hall–Kier alpha value is -2.36. The van der Waals surface area contributed by atoms with Gasteiger partial charge in [0, 0.05) is 12.2 Å². The summed E-state index contributed by atoms with van der Waals surface area (Å²) in [4.78, 5) is 11.4.